The van der Waals surface area contributed by atoms with Crippen molar-refractivity contribution < 1.29 is 8.42 Å². The maximum Gasteiger partial charge on any atom is 0.211 e. The number of anilines is 2. The third-order valence-corrected chi connectivity index (χ3v) is 5.47. The molecule has 0 unspecified atom stereocenters. The summed E-state index contributed by atoms with van der Waals surface area (Å²) in [7, 11) is -3.12. The molecule has 0 saturated carbocycles. The summed E-state index contributed by atoms with van der Waals surface area (Å²) in [6.45, 7) is 2.97. The smallest absolute Gasteiger partial charge is 0.211 e. The van der Waals surface area contributed by atoms with Gasteiger partial charge < -0.3 is 5.32 Å². The van der Waals surface area contributed by atoms with E-state index in [0.29, 0.717) is 18.9 Å². The first kappa shape index (κ1) is 16.8. The molecule has 8 heteroatoms. The number of pyridine rings is 1. The van der Waals surface area contributed by atoms with E-state index in [0.717, 1.165) is 30.0 Å². The van der Waals surface area contributed by atoms with Crippen molar-refractivity contribution >= 4 is 21.7 Å². The van der Waals surface area contributed by atoms with Crippen LogP contribution in [0.25, 0.3) is 0 Å². The normalized spacial score (nSPS) is 16.9. The Morgan fingerprint density at radius 3 is 2.54 bits per heavy atom. The number of sulfonamides is 1. The first-order chi connectivity index (χ1) is 11.4. The van der Waals surface area contributed by atoms with Crippen molar-refractivity contribution in [3.8, 4) is 0 Å². The maximum atomic E-state index is 11.6. The molecule has 1 saturated heterocycles. The van der Waals surface area contributed by atoms with E-state index in [1.807, 2.05) is 25.1 Å². The number of nitrogens with one attached hydrogen (secondary N) is 1. The largest absolute Gasteiger partial charge is 0.323 e. The predicted octanol–water partition coefficient (Wildman–Crippen LogP) is 2.06. The second-order valence-corrected chi connectivity index (χ2v) is 8.00. The fourth-order valence-corrected chi connectivity index (χ4v) is 3.81. The number of hydrogen-bond donors (Lipinski definition) is 1. The third-order valence-electron chi connectivity index (χ3n) is 4.17. The maximum absolute atomic E-state index is 11.6. The Labute approximate surface area is 142 Å². The van der Waals surface area contributed by atoms with Gasteiger partial charge in [0, 0.05) is 37.1 Å². The minimum atomic E-state index is -3.12. The van der Waals surface area contributed by atoms with E-state index in [9.17, 15) is 8.42 Å². The van der Waals surface area contributed by atoms with Gasteiger partial charge in [-0.2, -0.15) is 0 Å². The fourth-order valence-electron chi connectivity index (χ4n) is 2.94. The van der Waals surface area contributed by atoms with E-state index in [1.54, 1.807) is 12.4 Å². The summed E-state index contributed by atoms with van der Waals surface area (Å²) < 4.78 is 24.8. The van der Waals surface area contributed by atoms with Gasteiger partial charge in [0.2, 0.25) is 10.0 Å². The molecule has 0 amide bonds. The van der Waals surface area contributed by atoms with Crippen molar-refractivity contribution in [3.63, 3.8) is 0 Å². The monoisotopic (exact) mass is 347 g/mol. The molecular weight excluding hydrogens is 326 g/mol. The lowest BCUT2D eigenvalue weighted by Crippen LogP contribution is -2.37. The summed E-state index contributed by atoms with van der Waals surface area (Å²) >= 11 is 0. The molecule has 0 bridgehead atoms. The molecule has 128 valence electrons. The van der Waals surface area contributed by atoms with Crippen LogP contribution in [-0.4, -0.2) is 47.0 Å². The van der Waals surface area contributed by atoms with Gasteiger partial charge in [-0.25, -0.2) is 22.7 Å². The molecule has 24 heavy (non-hydrogen) atoms. The van der Waals surface area contributed by atoms with Gasteiger partial charge in [-0.15, -0.1) is 0 Å². The highest BCUT2D eigenvalue weighted by molar-refractivity contribution is 7.88. The Hall–Kier alpha value is -2.06. The van der Waals surface area contributed by atoms with E-state index in [4.69, 9.17) is 0 Å². The SMILES string of the molecule is Cc1cccc(Nc2nccnc2C2CCN(S(C)(=O)=O)CC2)n1. The van der Waals surface area contributed by atoms with Crippen molar-refractivity contribution in [2.24, 2.45) is 0 Å². The van der Waals surface area contributed by atoms with Crippen molar-refractivity contribution in [3.05, 3.63) is 42.0 Å². The molecule has 1 aliphatic rings. The zero-order chi connectivity index (χ0) is 17.2. The van der Waals surface area contributed by atoms with Crippen LogP contribution in [0, 0.1) is 6.92 Å². The van der Waals surface area contributed by atoms with Crippen molar-refractivity contribution in [2.75, 3.05) is 24.7 Å². The first-order valence-electron chi connectivity index (χ1n) is 7.90. The summed E-state index contributed by atoms with van der Waals surface area (Å²) in [5.41, 5.74) is 1.79. The quantitative estimate of drug-likeness (QED) is 0.911. The topological polar surface area (TPSA) is 88.1 Å². The molecule has 2 aromatic heterocycles. The predicted molar refractivity (Wildman–Crippen MR) is 92.7 cm³/mol. The van der Waals surface area contributed by atoms with E-state index in [1.165, 1.54) is 10.6 Å². The van der Waals surface area contributed by atoms with Crippen LogP contribution in [0.4, 0.5) is 11.6 Å². The number of hydrogen-bond acceptors (Lipinski definition) is 6. The van der Waals surface area contributed by atoms with E-state index >= 15 is 0 Å². The second-order valence-electron chi connectivity index (χ2n) is 6.02. The number of aromatic nitrogens is 3. The number of nitrogens with zero attached hydrogens (tertiary/aromatic N) is 4. The van der Waals surface area contributed by atoms with Crippen LogP contribution in [0.2, 0.25) is 0 Å². The zero-order valence-electron chi connectivity index (χ0n) is 13.8. The molecule has 3 heterocycles. The van der Waals surface area contributed by atoms with Crippen molar-refractivity contribution in [1.82, 2.24) is 19.3 Å². The summed E-state index contributed by atoms with van der Waals surface area (Å²) in [6.07, 6.45) is 6.05. The standard InChI is InChI=1S/C16H21N5O2S/c1-12-4-3-5-14(19-12)20-16-15(17-8-9-18-16)13-6-10-21(11-7-13)24(2,22)23/h3-5,8-9,13H,6-7,10-11H2,1-2H3,(H,18,19,20). The summed E-state index contributed by atoms with van der Waals surface area (Å²) in [5, 5.41) is 3.24. The minimum Gasteiger partial charge on any atom is -0.323 e. The molecule has 1 N–H and O–H groups in total. The van der Waals surface area contributed by atoms with Crippen LogP contribution in [0.5, 0.6) is 0 Å². The van der Waals surface area contributed by atoms with Gasteiger partial charge in [0.1, 0.15) is 5.82 Å². The lowest BCUT2D eigenvalue weighted by atomic mass is 9.94. The van der Waals surface area contributed by atoms with E-state index < -0.39 is 10.0 Å². The highest BCUT2D eigenvalue weighted by atomic mass is 32.2. The Morgan fingerprint density at radius 2 is 1.88 bits per heavy atom. The van der Waals surface area contributed by atoms with E-state index in [-0.39, 0.29) is 5.92 Å². The average Bonchev–Trinajstić information content (AvgIpc) is 2.55. The van der Waals surface area contributed by atoms with Crippen LogP contribution in [-0.2, 0) is 10.0 Å². The van der Waals surface area contributed by atoms with Gasteiger partial charge in [-0.1, -0.05) is 6.07 Å². The molecule has 1 aliphatic heterocycles. The van der Waals surface area contributed by atoms with Crippen molar-refractivity contribution in [1.29, 1.82) is 0 Å². The lowest BCUT2D eigenvalue weighted by molar-refractivity contribution is 0.319. The molecule has 0 radical (unpaired) electrons. The van der Waals surface area contributed by atoms with Crippen LogP contribution in [0.3, 0.4) is 0 Å². The zero-order valence-corrected chi connectivity index (χ0v) is 14.6. The molecule has 3 rings (SSSR count). The van der Waals surface area contributed by atoms with E-state index in [2.05, 4.69) is 20.3 Å². The molecule has 0 aliphatic carbocycles. The Bertz CT molecular complexity index is 817. The van der Waals surface area contributed by atoms with Crippen LogP contribution >= 0.6 is 0 Å². The Balaban J connectivity index is 1.78. The molecule has 0 spiro atoms. The highest BCUT2D eigenvalue weighted by Gasteiger charge is 2.28. The van der Waals surface area contributed by atoms with Crippen molar-refractivity contribution in [2.45, 2.75) is 25.7 Å². The molecule has 2 aromatic rings. The molecule has 0 aromatic carbocycles. The average molecular weight is 347 g/mol. The van der Waals surface area contributed by atoms with Crippen LogP contribution in [0.15, 0.2) is 30.6 Å². The first-order valence-corrected chi connectivity index (χ1v) is 9.75. The lowest BCUT2D eigenvalue weighted by Gasteiger charge is -2.30. The van der Waals surface area contributed by atoms with Crippen LogP contribution in [0.1, 0.15) is 30.1 Å². The summed E-state index contributed by atoms with van der Waals surface area (Å²) in [6, 6.07) is 5.76. The van der Waals surface area contributed by atoms with Crippen LogP contribution < -0.4 is 5.32 Å². The number of piperidine rings is 1. The Morgan fingerprint density at radius 1 is 1.17 bits per heavy atom. The number of aryl methyl sites for hydroxylation is 1. The van der Waals surface area contributed by atoms with Gasteiger partial charge in [0.25, 0.3) is 0 Å². The molecule has 7 nitrogen and oxygen atoms in total. The third kappa shape index (κ3) is 3.88. The summed E-state index contributed by atoms with van der Waals surface area (Å²) in [5.74, 6) is 1.60. The highest BCUT2D eigenvalue weighted by Crippen LogP contribution is 2.31. The summed E-state index contributed by atoms with van der Waals surface area (Å²) in [4.78, 5) is 13.3. The fraction of sp³-hybridized carbons (Fsp3) is 0.438. The van der Waals surface area contributed by atoms with Gasteiger partial charge in [0.05, 0.1) is 11.9 Å². The Kier molecular flexibility index (Phi) is 4.77. The number of rotatable bonds is 4. The van der Waals surface area contributed by atoms with Gasteiger partial charge in [0.15, 0.2) is 5.82 Å². The van der Waals surface area contributed by atoms with Gasteiger partial charge in [-0.05, 0) is 31.9 Å². The van der Waals surface area contributed by atoms with Gasteiger partial charge in [-0.3, -0.25) is 4.98 Å². The minimum absolute atomic E-state index is 0.184. The molecular formula is C16H21N5O2S. The molecule has 1 fully saturated rings. The van der Waals surface area contributed by atoms with Gasteiger partial charge >= 0.3 is 0 Å². The molecule has 0 atom stereocenters. The second kappa shape index (κ2) is 6.82.